The summed E-state index contributed by atoms with van der Waals surface area (Å²) in [6.45, 7) is 5.07. The molecule has 0 unspecified atom stereocenters. The van der Waals surface area contributed by atoms with Gasteiger partial charge in [-0.3, -0.25) is 9.69 Å². The van der Waals surface area contributed by atoms with Crippen molar-refractivity contribution in [1.82, 2.24) is 10.2 Å². The van der Waals surface area contributed by atoms with Crippen LogP contribution in [0.5, 0.6) is 0 Å². The number of rotatable bonds is 7. The summed E-state index contributed by atoms with van der Waals surface area (Å²) in [4.78, 5) is 14.0. The van der Waals surface area contributed by atoms with Crippen molar-refractivity contribution in [2.75, 3.05) is 39.4 Å². The van der Waals surface area contributed by atoms with Crippen molar-refractivity contribution >= 4 is 5.91 Å². The van der Waals surface area contributed by atoms with Gasteiger partial charge in [0.25, 0.3) is 0 Å². The van der Waals surface area contributed by atoms with Crippen LogP contribution in [0.15, 0.2) is 30.3 Å². The number of hydrogen-bond donors (Lipinski definition) is 1. The molecule has 110 valence electrons. The lowest BCUT2D eigenvalue weighted by atomic mass is 10.1. The minimum Gasteiger partial charge on any atom is -0.379 e. The van der Waals surface area contributed by atoms with Crippen molar-refractivity contribution < 1.29 is 9.53 Å². The van der Waals surface area contributed by atoms with E-state index in [-0.39, 0.29) is 5.91 Å². The Morgan fingerprint density at radius 2 is 1.95 bits per heavy atom. The minimum atomic E-state index is 0.157. The van der Waals surface area contributed by atoms with Crippen molar-refractivity contribution in [2.24, 2.45) is 0 Å². The van der Waals surface area contributed by atoms with E-state index < -0.39 is 0 Å². The fourth-order valence-corrected chi connectivity index (χ4v) is 2.34. The molecule has 1 aromatic carbocycles. The second kappa shape index (κ2) is 8.72. The number of nitrogens with zero attached hydrogens (tertiary/aromatic N) is 1. The van der Waals surface area contributed by atoms with Crippen LogP contribution in [0.4, 0.5) is 0 Å². The molecule has 1 N–H and O–H groups in total. The molecule has 1 aliphatic heterocycles. The number of amides is 1. The number of hydrogen-bond acceptors (Lipinski definition) is 3. The fourth-order valence-electron chi connectivity index (χ4n) is 2.34. The molecular weight excluding hydrogens is 252 g/mol. The second-order valence-corrected chi connectivity index (χ2v) is 5.14. The zero-order chi connectivity index (χ0) is 14.0. The van der Waals surface area contributed by atoms with Crippen LogP contribution in [0, 0.1) is 0 Å². The Hall–Kier alpha value is -1.39. The standard InChI is InChI=1S/C16H24N2O2/c19-16(8-10-18-11-13-20-14-12-18)17-9-4-7-15-5-2-1-3-6-15/h1-3,5-6H,4,7-14H2,(H,17,19). The van der Waals surface area contributed by atoms with Crippen LogP contribution in [0.2, 0.25) is 0 Å². The molecule has 1 fully saturated rings. The molecule has 0 spiro atoms. The van der Waals surface area contributed by atoms with E-state index in [2.05, 4.69) is 34.5 Å². The lowest BCUT2D eigenvalue weighted by Gasteiger charge is -2.26. The predicted molar refractivity (Wildman–Crippen MR) is 79.6 cm³/mol. The predicted octanol–water partition coefficient (Wildman–Crippen LogP) is 1.46. The normalized spacial score (nSPS) is 16.0. The highest BCUT2D eigenvalue weighted by atomic mass is 16.5. The summed E-state index contributed by atoms with van der Waals surface area (Å²) in [5.41, 5.74) is 1.33. The molecule has 0 aliphatic carbocycles. The Bertz CT molecular complexity index is 389. The zero-order valence-corrected chi connectivity index (χ0v) is 12.0. The average Bonchev–Trinajstić information content (AvgIpc) is 2.52. The molecule has 0 saturated carbocycles. The van der Waals surface area contributed by atoms with Gasteiger partial charge in [-0.2, -0.15) is 0 Å². The lowest BCUT2D eigenvalue weighted by Crippen LogP contribution is -2.38. The number of benzene rings is 1. The van der Waals surface area contributed by atoms with Gasteiger partial charge in [-0.1, -0.05) is 30.3 Å². The average molecular weight is 276 g/mol. The Balaban J connectivity index is 1.51. The largest absolute Gasteiger partial charge is 0.379 e. The number of aryl methyl sites for hydroxylation is 1. The third kappa shape index (κ3) is 5.72. The summed E-state index contributed by atoms with van der Waals surface area (Å²) in [5, 5.41) is 3.00. The molecule has 1 amide bonds. The summed E-state index contributed by atoms with van der Waals surface area (Å²) in [7, 11) is 0. The summed E-state index contributed by atoms with van der Waals surface area (Å²) < 4.78 is 5.29. The first-order chi connectivity index (χ1) is 9.84. The van der Waals surface area contributed by atoms with E-state index in [0.29, 0.717) is 6.42 Å². The van der Waals surface area contributed by atoms with Crippen LogP contribution in [0.25, 0.3) is 0 Å². The molecule has 1 aromatic rings. The second-order valence-electron chi connectivity index (χ2n) is 5.14. The lowest BCUT2D eigenvalue weighted by molar-refractivity contribution is -0.121. The maximum absolute atomic E-state index is 11.7. The third-order valence-electron chi connectivity index (χ3n) is 3.57. The molecule has 1 aliphatic rings. The smallest absolute Gasteiger partial charge is 0.221 e. The van der Waals surface area contributed by atoms with Gasteiger partial charge in [-0.05, 0) is 18.4 Å². The SMILES string of the molecule is O=C(CCN1CCOCC1)NCCCc1ccccc1. The van der Waals surface area contributed by atoms with E-state index >= 15 is 0 Å². The monoisotopic (exact) mass is 276 g/mol. The number of ether oxygens (including phenoxy) is 1. The highest BCUT2D eigenvalue weighted by Gasteiger charge is 2.11. The molecule has 4 heteroatoms. The molecule has 0 bridgehead atoms. The summed E-state index contributed by atoms with van der Waals surface area (Å²) >= 11 is 0. The first-order valence-corrected chi connectivity index (χ1v) is 7.45. The Morgan fingerprint density at radius 1 is 1.20 bits per heavy atom. The van der Waals surface area contributed by atoms with Crippen LogP contribution in [0.3, 0.4) is 0 Å². The highest BCUT2D eigenvalue weighted by molar-refractivity contribution is 5.76. The first kappa shape index (κ1) is 15.0. The van der Waals surface area contributed by atoms with E-state index in [1.165, 1.54) is 5.56 Å². The highest BCUT2D eigenvalue weighted by Crippen LogP contribution is 2.02. The van der Waals surface area contributed by atoms with Crippen molar-refractivity contribution in [1.29, 1.82) is 0 Å². The van der Waals surface area contributed by atoms with Gasteiger partial charge < -0.3 is 10.1 Å². The van der Waals surface area contributed by atoms with E-state index in [1.807, 2.05) is 6.07 Å². The van der Waals surface area contributed by atoms with Gasteiger partial charge in [0.2, 0.25) is 5.91 Å². The molecule has 1 heterocycles. The van der Waals surface area contributed by atoms with Crippen LogP contribution < -0.4 is 5.32 Å². The van der Waals surface area contributed by atoms with Crippen LogP contribution >= 0.6 is 0 Å². The van der Waals surface area contributed by atoms with Crippen molar-refractivity contribution in [3.8, 4) is 0 Å². The molecule has 4 nitrogen and oxygen atoms in total. The van der Waals surface area contributed by atoms with Crippen molar-refractivity contribution in [2.45, 2.75) is 19.3 Å². The molecule has 2 rings (SSSR count). The number of carbonyl (C=O) groups excluding carboxylic acids is 1. The Morgan fingerprint density at radius 3 is 2.70 bits per heavy atom. The van der Waals surface area contributed by atoms with Crippen LogP contribution in [0.1, 0.15) is 18.4 Å². The topological polar surface area (TPSA) is 41.6 Å². The van der Waals surface area contributed by atoms with Gasteiger partial charge in [0, 0.05) is 32.6 Å². The van der Waals surface area contributed by atoms with E-state index in [0.717, 1.165) is 52.2 Å². The summed E-state index contributed by atoms with van der Waals surface area (Å²) in [6.07, 6.45) is 2.60. The van der Waals surface area contributed by atoms with Gasteiger partial charge in [0.15, 0.2) is 0 Å². The zero-order valence-electron chi connectivity index (χ0n) is 12.0. The summed E-state index contributed by atoms with van der Waals surface area (Å²) in [6, 6.07) is 10.4. The van der Waals surface area contributed by atoms with Gasteiger partial charge in [0.05, 0.1) is 13.2 Å². The van der Waals surface area contributed by atoms with E-state index in [4.69, 9.17) is 4.74 Å². The number of nitrogens with one attached hydrogen (secondary N) is 1. The molecular formula is C16H24N2O2. The summed E-state index contributed by atoms with van der Waals surface area (Å²) in [5.74, 6) is 0.157. The molecule has 1 saturated heterocycles. The molecule has 0 aromatic heterocycles. The maximum atomic E-state index is 11.7. The van der Waals surface area contributed by atoms with Gasteiger partial charge in [-0.25, -0.2) is 0 Å². The van der Waals surface area contributed by atoms with Crippen molar-refractivity contribution in [3.63, 3.8) is 0 Å². The maximum Gasteiger partial charge on any atom is 0.221 e. The van der Waals surface area contributed by atoms with Crippen molar-refractivity contribution in [3.05, 3.63) is 35.9 Å². The first-order valence-electron chi connectivity index (χ1n) is 7.45. The molecule has 0 atom stereocenters. The quantitative estimate of drug-likeness (QED) is 0.767. The van der Waals surface area contributed by atoms with Gasteiger partial charge in [-0.15, -0.1) is 0 Å². The van der Waals surface area contributed by atoms with Crippen LogP contribution in [-0.2, 0) is 16.0 Å². The number of morpholine rings is 1. The molecule has 0 radical (unpaired) electrons. The molecule has 20 heavy (non-hydrogen) atoms. The Kier molecular flexibility index (Phi) is 6.54. The van der Waals surface area contributed by atoms with Gasteiger partial charge >= 0.3 is 0 Å². The number of carbonyl (C=O) groups is 1. The Labute approximate surface area is 121 Å². The minimum absolute atomic E-state index is 0.157. The fraction of sp³-hybridized carbons (Fsp3) is 0.562. The van der Waals surface area contributed by atoms with E-state index in [1.54, 1.807) is 0 Å². The van der Waals surface area contributed by atoms with Crippen LogP contribution in [-0.4, -0.2) is 50.2 Å². The van der Waals surface area contributed by atoms with E-state index in [9.17, 15) is 4.79 Å². The third-order valence-corrected chi connectivity index (χ3v) is 3.57. The van der Waals surface area contributed by atoms with Gasteiger partial charge in [0.1, 0.15) is 0 Å².